The molecular formula is C21H23N5. The Balaban J connectivity index is 1.77. The van der Waals surface area contributed by atoms with Gasteiger partial charge in [-0.05, 0) is 51.5 Å². The molecule has 5 heteroatoms. The zero-order valence-electron chi connectivity index (χ0n) is 15.6. The Morgan fingerprint density at radius 3 is 2.65 bits per heavy atom. The lowest BCUT2D eigenvalue weighted by molar-refractivity contribution is 0.419. The van der Waals surface area contributed by atoms with Crippen molar-refractivity contribution in [3.63, 3.8) is 0 Å². The van der Waals surface area contributed by atoms with Crippen molar-refractivity contribution in [3.05, 3.63) is 65.9 Å². The summed E-state index contributed by atoms with van der Waals surface area (Å²) in [5, 5.41) is 5.77. The topological polar surface area (TPSA) is 48.5 Å². The van der Waals surface area contributed by atoms with E-state index in [1.807, 2.05) is 31.6 Å². The molecule has 0 spiro atoms. The predicted octanol–water partition coefficient (Wildman–Crippen LogP) is 4.48. The van der Waals surface area contributed by atoms with Gasteiger partial charge in [-0.15, -0.1) is 0 Å². The van der Waals surface area contributed by atoms with E-state index >= 15 is 0 Å². The van der Waals surface area contributed by atoms with Crippen LogP contribution in [0.4, 0.5) is 0 Å². The predicted molar refractivity (Wildman–Crippen MR) is 104 cm³/mol. The highest BCUT2D eigenvalue weighted by Gasteiger charge is 2.16. The summed E-state index contributed by atoms with van der Waals surface area (Å²) in [7, 11) is 0. The largest absolute Gasteiger partial charge is 0.329 e. The smallest absolute Gasteiger partial charge is 0.140 e. The van der Waals surface area contributed by atoms with Crippen molar-refractivity contribution < 1.29 is 0 Å². The van der Waals surface area contributed by atoms with Gasteiger partial charge in [-0.25, -0.2) is 4.98 Å². The van der Waals surface area contributed by atoms with Crippen LogP contribution in [0.1, 0.15) is 29.9 Å². The maximum atomic E-state index is 4.68. The van der Waals surface area contributed by atoms with E-state index in [2.05, 4.69) is 69.4 Å². The van der Waals surface area contributed by atoms with Crippen LogP contribution in [0, 0.1) is 20.8 Å². The molecule has 0 bridgehead atoms. The van der Waals surface area contributed by atoms with Crippen molar-refractivity contribution in [2.75, 3.05) is 0 Å². The molecule has 26 heavy (non-hydrogen) atoms. The molecule has 0 aliphatic rings. The van der Waals surface area contributed by atoms with Crippen molar-refractivity contribution in [2.45, 2.75) is 40.3 Å². The summed E-state index contributed by atoms with van der Waals surface area (Å²) in [6.07, 6.45) is 5.75. The molecule has 0 fully saturated rings. The fourth-order valence-corrected chi connectivity index (χ4v) is 3.70. The van der Waals surface area contributed by atoms with E-state index in [0.29, 0.717) is 0 Å². The Kier molecular flexibility index (Phi) is 4.07. The average molecular weight is 345 g/mol. The summed E-state index contributed by atoms with van der Waals surface area (Å²) in [6.45, 7) is 9.27. The summed E-state index contributed by atoms with van der Waals surface area (Å²) >= 11 is 0. The summed E-state index contributed by atoms with van der Waals surface area (Å²) < 4.78 is 4.31. The van der Waals surface area contributed by atoms with Crippen molar-refractivity contribution in [1.82, 2.24) is 24.3 Å². The van der Waals surface area contributed by atoms with E-state index in [1.54, 1.807) is 0 Å². The number of fused-ring (bicyclic) bond motifs is 1. The molecule has 0 saturated heterocycles. The number of imidazole rings is 1. The lowest BCUT2D eigenvalue weighted by Gasteiger charge is -2.18. The molecule has 0 amide bonds. The first-order valence-corrected chi connectivity index (χ1v) is 8.93. The highest BCUT2D eigenvalue weighted by atomic mass is 15.3. The van der Waals surface area contributed by atoms with E-state index in [4.69, 9.17) is 0 Å². The van der Waals surface area contributed by atoms with Gasteiger partial charge in [0.1, 0.15) is 5.82 Å². The molecule has 5 nitrogen and oxygen atoms in total. The molecule has 132 valence electrons. The fraction of sp³-hybridized carbons (Fsp3) is 0.286. The first-order valence-electron chi connectivity index (χ1n) is 8.93. The molecule has 1 atom stereocenters. The van der Waals surface area contributed by atoms with Crippen LogP contribution in [-0.2, 0) is 6.54 Å². The van der Waals surface area contributed by atoms with Crippen LogP contribution >= 0.6 is 0 Å². The van der Waals surface area contributed by atoms with Crippen LogP contribution in [0.2, 0.25) is 0 Å². The van der Waals surface area contributed by atoms with Crippen molar-refractivity contribution in [2.24, 2.45) is 0 Å². The number of nitrogens with zero attached hydrogens (tertiary/aromatic N) is 5. The lowest BCUT2D eigenvalue weighted by atomic mass is 10.0. The van der Waals surface area contributed by atoms with Crippen molar-refractivity contribution in [1.29, 1.82) is 0 Å². The second kappa shape index (κ2) is 6.41. The molecule has 0 saturated carbocycles. The fourth-order valence-electron chi connectivity index (χ4n) is 3.70. The van der Waals surface area contributed by atoms with Crippen molar-refractivity contribution >= 4 is 10.9 Å². The number of aromatic nitrogens is 5. The van der Waals surface area contributed by atoms with E-state index in [9.17, 15) is 0 Å². The van der Waals surface area contributed by atoms with Gasteiger partial charge in [0, 0.05) is 41.8 Å². The molecule has 4 rings (SSSR count). The average Bonchev–Trinajstić information content (AvgIpc) is 3.20. The molecule has 3 aromatic heterocycles. The minimum absolute atomic E-state index is 0.241. The first kappa shape index (κ1) is 16.5. The van der Waals surface area contributed by atoms with E-state index in [0.717, 1.165) is 34.5 Å². The summed E-state index contributed by atoms with van der Waals surface area (Å²) in [6, 6.07) is 10.6. The monoisotopic (exact) mass is 345 g/mol. The Bertz CT molecular complexity index is 1070. The molecule has 1 aromatic carbocycles. The van der Waals surface area contributed by atoms with Crippen LogP contribution in [0.5, 0.6) is 0 Å². The van der Waals surface area contributed by atoms with Gasteiger partial charge in [0.2, 0.25) is 0 Å². The highest BCUT2D eigenvalue weighted by Crippen LogP contribution is 2.30. The van der Waals surface area contributed by atoms with Crippen LogP contribution in [-0.4, -0.2) is 24.3 Å². The SMILES string of the molecule is Cc1cc(C)n(C(C)Cn2ccnc2-c2c(C)ccc3ncccc23)n1. The quantitative estimate of drug-likeness (QED) is 0.548. The van der Waals surface area contributed by atoms with Crippen molar-refractivity contribution in [3.8, 4) is 11.4 Å². The van der Waals surface area contributed by atoms with Crippen LogP contribution in [0.25, 0.3) is 22.3 Å². The number of hydrogen-bond donors (Lipinski definition) is 0. The molecule has 3 heterocycles. The molecule has 0 N–H and O–H groups in total. The second-order valence-electron chi connectivity index (χ2n) is 6.95. The summed E-state index contributed by atoms with van der Waals surface area (Å²) in [5.41, 5.74) is 5.59. The molecule has 0 aliphatic heterocycles. The number of rotatable bonds is 4. The van der Waals surface area contributed by atoms with Gasteiger partial charge in [-0.1, -0.05) is 12.1 Å². The van der Waals surface area contributed by atoms with Crippen LogP contribution in [0.3, 0.4) is 0 Å². The normalized spacial score (nSPS) is 12.6. The molecule has 4 aromatic rings. The van der Waals surface area contributed by atoms with Gasteiger partial charge in [-0.2, -0.15) is 5.10 Å². The van der Waals surface area contributed by atoms with Crippen LogP contribution in [0.15, 0.2) is 48.9 Å². The Morgan fingerprint density at radius 2 is 1.88 bits per heavy atom. The Labute approximate surface area is 153 Å². The van der Waals surface area contributed by atoms with Gasteiger partial charge in [0.15, 0.2) is 0 Å². The summed E-state index contributed by atoms with van der Waals surface area (Å²) in [5.74, 6) is 0.981. The van der Waals surface area contributed by atoms with Gasteiger partial charge in [-0.3, -0.25) is 9.67 Å². The number of hydrogen-bond acceptors (Lipinski definition) is 3. The standard InChI is InChI=1S/C21H23N5/c1-14-7-8-19-18(6-5-9-22-19)20(14)21-23-10-11-25(21)13-17(4)26-16(3)12-15(2)24-26/h5-12,17H,13H2,1-4H3. The van der Waals surface area contributed by atoms with Crippen LogP contribution < -0.4 is 0 Å². The van der Waals surface area contributed by atoms with Gasteiger partial charge < -0.3 is 4.57 Å². The van der Waals surface area contributed by atoms with E-state index < -0.39 is 0 Å². The minimum atomic E-state index is 0.241. The minimum Gasteiger partial charge on any atom is -0.329 e. The number of pyridine rings is 1. The molecule has 0 radical (unpaired) electrons. The van der Waals surface area contributed by atoms with E-state index in [1.165, 1.54) is 11.3 Å². The maximum absolute atomic E-state index is 4.68. The van der Waals surface area contributed by atoms with E-state index in [-0.39, 0.29) is 6.04 Å². The zero-order valence-corrected chi connectivity index (χ0v) is 15.6. The Hall–Kier alpha value is -2.95. The number of aryl methyl sites for hydroxylation is 3. The third kappa shape index (κ3) is 2.79. The third-order valence-electron chi connectivity index (χ3n) is 4.86. The second-order valence-corrected chi connectivity index (χ2v) is 6.95. The Morgan fingerprint density at radius 1 is 1.04 bits per heavy atom. The van der Waals surface area contributed by atoms with Gasteiger partial charge in [0.05, 0.1) is 17.3 Å². The lowest BCUT2D eigenvalue weighted by Crippen LogP contribution is -2.16. The molecular weight excluding hydrogens is 322 g/mol. The number of benzene rings is 1. The highest BCUT2D eigenvalue weighted by molar-refractivity contribution is 5.94. The molecule has 1 unspecified atom stereocenters. The van der Waals surface area contributed by atoms with Gasteiger partial charge >= 0.3 is 0 Å². The molecule has 0 aliphatic carbocycles. The first-order chi connectivity index (χ1) is 12.5. The summed E-state index contributed by atoms with van der Waals surface area (Å²) in [4.78, 5) is 9.17. The third-order valence-corrected chi connectivity index (χ3v) is 4.86. The zero-order chi connectivity index (χ0) is 18.3. The maximum Gasteiger partial charge on any atom is 0.140 e. The van der Waals surface area contributed by atoms with Gasteiger partial charge in [0.25, 0.3) is 0 Å².